The van der Waals surface area contributed by atoms with E-state index < -0.39 is 6.61 Å². The van der Waals surface area contributed by atoms with Gasteiger partial charge in [0, 0.05) is 12.6 Å². The largest absolute Gasteiger partial charge is 0.434 e. The number of hydrogen-bond acceptors (Lipinski definition) is 5. The maximum Gasteiger partial charge on any atom is 0.387 e. The highest BCUT2D eigenvalue weighted by molar-refractivity contribution is 7.99. The van der Waals surface area contributed by atoms with Crippen molar-refractivity contribution in [3.05, 3.63) is 59.7 Å². The van der Waals surface area contributed by atoms with Crippen molar-refractivity contribution < 1.29 is 18.3 Å². The van der Waals surface area contributed by atoms with E-state index in [1.807, 2.05) is 37.4 Å². The van der Waals surface area contributed by atoms with Gasteiger partial charge in [0.1, 0.15) is 5.75 Å². The molecular formula is C19H17F2N3O2S. The molecule has 3 rings (SSSR count). The van der Waals surface area contributed by atoms with Gasteiger partial charge in [0.2, 0.25) is 0 Å². The molecule has 0 fully saturated rings. The maximum absolute atomic E-state index is 12.6. The maximum atomic E-state index is 12.6. The lowest BCUT2D eigenvalue weighted by atomic mass is 10.1. The molecule has 0 aliphatic carbocycles. The van der Waals surface area contributed by atoms with Gasteiger partial charge in [-0.3, -0.25) is 4.79 Å². The number of ether oxygens (including phenoxy) is 1. The Labute approximate surface area is 159 Å². The molecule has 0 unspecified atom stereocenters. The highest BCUT2D eigenvalue weighted by Gasteiger charge is 2.18. The van der Waals surface area contributed by atoms with Crippen LogP contribution >= 0.6 is 11.8 Å². The van der Waals surface area contributed by atoms with E-state index in [0.29, 0.717) is 11.0 Å². The van der Waals surface area contributed by atoms with Crippen molar-refractivity contribution in [1.82, 2.24) is 14.8 Å². The summed E-state index contributed by atoms with van der Waals surface area (Å²) >= 11 is 1.20. The Hall–Kier alpha value is -2.74. The van der Waals surface area contributed by atoms with Crippen molar-refractivity contribution in [3.63, 3.8) is 0 Å². The van der Waals surface area contributed by atoms with Crippen molar-refractivity contribution in [2.75, 3.05) is 5.75 Å². The number of ketones is 1. The molecule has 0 saturated heterocycles. The summed E-state index contributed by atoms with van der Waals surface area (Å²) in [5.41, 5.74) is 1.83. The average molecular weight is 389 g/mol. The summed E-state index contributed by atoms with van der Waals surface area (Å²) in [7, 11) is 1.81. The summed E-state index contributed by atoms with van der Waals surface area (Å²) in [4.78, 5) is 12.6. The van der Waals surface area contributed by atoms with Crippen LogP contribution in [0.1, 0.15) is 15.9 Å². The monoisotopic (exact) mass is 389 g/mol. The number of rotatable bonds is 7. The van der Waals surface area contributed by atoms with Crippen LogP contribution in [0.5, 0.6) is 5.75 Å². The quantitative estimate of drug-likeness (QED) is 0.444. The Morgan fingerprint density at radius 3 is 2.63 bits per heavy atom. The summed E-state index contributed by atoms with van der Waals surface area (Å²) in [6.45, 7) is -1.20. The van der Waals surface area contributed by atoms with Crippen molar-refractivity contribution in [2.45, 2.75) is 18.7 Å². The lowest BCUT2D eigenvalue weighted by Gasteiger charge is -2.10. The predicted octanol–water partition coefficient (Wildman–Crippen LogP) is 4.37. The second-order valence-electron chi connectivity index (χ2n) is 5.82. The molecule has 140 valence electrons. The standard InChI is InChI=1S/C19H17F2N3O2S/c1-12-8-9-16(26-18(20)21)14(10-12)15(25)11-27-19-23-22-17(24(19)2)13-6-4-3-5-7-13/h3-10,18H,11H2,1-2H3. The third kappa shape index (κ3) is 4.51. The molecule has 1 heterocycles. The van der Waals surface area contributed by atoms with Gasteiger partial charge in [0.25, 0.3) is 0 Å². The van der Waals surface area contributed by atoms with Gasteiger partial charge >= 0.3 is 6.61 Å². The number of thioether (sulfide) groups is 1. The fourth-order valence-corrected chi connectivity index (χ4v) is 3.34. The summed E-state index contributed by atoms with van der Waals surface area (Å²) in [5.74, 6) is 0.277. The number of halogens is 2. The highest BCUT2D eigenvalue weighted by Crippen LogP contribution is 2.27. The number of nitrogens with zero attached hydrogens (tertiary/aromatic N) is 3. The number of alkyl halides is 2. The van der Waals surface area contributed by atoms with Crippen molar-refractivity contribution in [3.8, 4) is 17.1 Å². The van der Waals surface area contributed by atoms with E-state index in [-0.39, 0.29) is 22.8 Å². The molecule has 0 radical (unpaired) electrons. The minimum absolute atomic E-state index is 0.0316. The van der Waals surface area contributed by atoms with E-state index in [9.17, 15) is 13.6 Å². The normalized spacial score (nSPS) is 11.0. The SMILES string of the molecule is Cc1ccc(OC(F)F)c(C(=O)CSc2nnc(-c3ccccc3)n2C)c1. The smallest absolute Gasteiger partial charge is 0.387 e. The molecule has 1 aromatic heterocycles. The molecular weight excluding hydrogens is 372 g/mol. The van der Waals surface area contributed by atoms with Crippen LogP contribution in [0.25, 0.3) is 11.4 Å². The zero-order valence-corrected chi connectivity index (χ0v) is 15.5. The number of carbonyl (C=O) groups excluding carboxylic acids is 1. The van der Waals surface area contributed by atoms with Gasteiger partial charge in [-0.05, 0) is 19.1 Å². The first-order valence-corrected chi connectivity index (χ1v) is 9.10. The molecule has 27 heavy (non-hydrogen) atoms. The van der Waals surface area contributed by atoms with Gasteiger partial charge in [-0.1, -0.05) is 53.7 Å². The van der Waals surface area contributed by atoms with Gasteiger partial charge in [-0.2, -0.15) is 8.78 Å². The van der Waals surface area contributed by atoms with Gasteiger partial charge in [-0.15, -0.1) is 10.2 Å². The van der Waals surface area contributed by atoms with Crippen LogP contribution < -0.4 is 4.74 Å². The van der Waals surface area contributed by atoms with E-state index in [1.165, 1.54) is 17.8 Å². The molecule has 0 N–H and O–H groups in total. The molecule has 0 bridgehead atoms. The molecule has 2 aromatic carbocycles. The second-order valence-corrected chi connectivity index (χ2v) is 6.76. The highest BCUT2D eigenvalue weighted by atomic mass is 32.2. The van der Waals surface area contributed by atoms with Gasteiger partial charge in [-0.25, -0.2) is 0 Å². The zero-order chi connectivity index (χ0) is 19.4. The molecule has 5 nitrogen and oxygen atoms in total. The molecule has 0 amide bonds. The van der Waals surface area contributed by atoms with Crippen LogP contribution in [0.15, 0.2) is 53.7 Å². The fraction of sp³-hybridized carbons (Fsp3) is 0.211. The van der Waals surface area contributed by atoms with Crippen LogP contribution in [0.3, 0.4) is 0 Å². The Kier molecular flexibility index (Phi) is 5.85. The van der Waals surface area contributed by atoms with E-state index >= 15 is 0 Å². The molecule has 3 aromatic rings. The lowest BCUT2D eigenvalue weighted by molar-refractivity contribution is -0.0501. The molecule has 0 atom stereocenters. The number of Topliss-reactive ketones (excluding diaryl/α,β-unsaturated/α-hetero) is 1. The number of carbonyl (C=O) groups is 1. The number of hydrogen-bond donors (Lipinski definition) is 0. The lowest BCUT2D eigenvalue weighted by Crippen LogP contribution is -2.10. The molecule has 8 heteroatoms. The summed E-state index contributed by atoms with van der Waals surface area (Å²) in [6, 6.07) is 14.1. The van der Waals surface area contributed by atoms with Crippen LogP contribution in [0, 0.1) is 6.92 Å². The first kappa shape index (κ1) is 19.0. The average Bonchev–Trinajstić information content (AvgIpc) is 3.02. The molecule has 0 aliphatic heterocycles. The number of aromatic nitrogens is 3. The molecule has 0 aliphatic rings. The zero-order valence-electron chi connectivity index (χ0n) is 14.7. The van der Waals surface area contributed by atoms with Crippen LogP contribution in [-0.4, -0.2) is 32.9 Å². The topological polar surface area (TPSA) is 57.0 Å². The Morgan fingerprint density at radius 2 is 1.93 bits per heavy atom. The third-order valence-electron chi connectivity index (χ3n) is 3.85. The van der Waals surface area contributed by atoms with Gasteiger partial charge < -0.3 is 9.30 Å². The van der Waals surface area contributed by atoms with Gasteiger partial charge in [0.15, 0.2) is 16.8 Å². The van der Waals surface area contributed by atoms with Crippen molar-refractivity contribution in [2.24, 2.45) is 7.05 Å². The molecule has 0 saturated carbocycles. The third-order valence-corrected chi connectivity index (χ3v) is 4.87. The summed E-state index contributed by atoms with van der Waals surface area (Å²) < 4.78 is 31.4. The number of aryl methyl sites for hydroxylation is 1. The minimum Gasteiger partial charge on any atom is -0.434 e. The van der Waals surface area contributed by atoms with Crippen LogP contribution in [-0.2, 0) is 7.05 Å². The first-order valence-electron chi connectivity index (χ1n) is 8.12. The minimum atomic E-state index is -2.99. The van der Waals surface area contributed by atoms with Crippen molar-refractivity contribution in [1.29, 1.82) is 0 Å². The Morgan fingerprint density at radius 1 is 1.19 bits per heavy atom. The van der Waals surface area contributed by atoms with E-state index in [1.54, 1.807) is 23.6 Å². The molecule has 0 spiro atoms. The Balaban J connectivity index is 1.75. The fourth-order valence-electron chi connectivity index (χ4n) is 2.55. The van der Waals surface area contributed by atoms with E-state index in [4.69, 9.17) is 0 Å². The Bertz CT molecular complexity index is 945. The van der Waals surface area contributed by atoms with Crippen LogP contribution in [0.4, 0.5) is 8.78 Å². The first-order chi connectivity index (χ1) is 13.0. The number of benzene rings is 2. The summed E-state index contributed by atoms with van der Waals surface area (Å²) in [5, 5.41) is 8.84. The van der Waals surface area contributed by atoms with Gasteiger partial charge in [0.05, 0.1) is 11.3 Å². The van der Waals surface area contributed by atoms with Crippen molar-refractivity contribution >= 4 is 17.5 Å². The van der Waals surface area contributed by atoms with E-state index in [0.717, 1.165) is 11.1 Å². The second kappa shape index (κ2) is 8.30. The predicted molar refractivity (Wildman–Crippen MR) is 99.3 cm³/mol. The summed E-state index contributed by atoms with van der Waals surface area (Å²) in [6.07, 6.45) is 0. The van der Waals surface area contributed by atoms with Crippen LogP contribution in [0.2, 0.25) is 0 Å². The van der Waals surface area contributed by atoms with E-state index in [2.05, 4.69) is 14.9 Å².